The normalized spacial score (nSPS) is 12.5. The van der Waals surface area contributed by atoms with Crippen LogP contribution in [0.5, 0.6) is 5.75 Å². The minimum absolute atomic E-state index is 0.202. The van der Waals surface area contributed by atoms with E-state index in [0.29, 0.717) is 9.90 Å². The highest BCUT2D eigenvalue weighted by Gasteiger charge is 2.17. The molecular formula is C12H8BrCl2FOS. The molecule has 0 bridgehead atoms. The van der Waals surface area contributed by atoms with Crippen molar-refractivity contribution in [3.05, 3.63) is 49.3 Å². The summed E-state index contributed by atoms with van der Waals surface area (Å²) in [4.78, 5) is 0.859. The Morgan fingerprint density at radius 1 is 1.39 bits per heavy atom. The number of methoxy groups -OCH3 is 1. The quantitative estimate of drug-likeness (QED) is 0.636. The number of ether oxygens (including phenoxy) is 1. The third-order valence-corrected chi connectivity index (χ3v) is 5.54. The van der Waals surface area contributed by atoms with E-state index in [9.17, 15) is 4.39 Å². The Kier molecular flexibility index (Phi) is 4.54. The first kappa shape index (κ1) is 14.1. The second kappa shape index (κ2) is 5.78. The SMILES string of the molecule is COc1ccc(C(Cl)c2cc(Br)c(Cl)s2)cc1F. The highest BCUT2D eigenvalue weighted by molar-refractivity contribution is 9.10. The minimum atomic E-state index is -0.431. The summed E-state index contributed by atoms with van der Waals surface area (Å²) >= 11 is 17.0. The van der Waals surface area contributed by atoms with Gasteiger partial charge in [0, 0.05) is 9.35 Å². The van der Waals surface area contributed by atoms with Crippen molar-refractivity contribution in [3.63, 3.8) is 0 Å². The molecule has 18 heavy (non-hydrogen) atoms. The fourth-order valence-corrected chi connectivity index (χ4v) is 3.57. The van der Waals surface area contributed by atoms with Crippen LogP contribution in [-0.4, -0.2) is 7.11 Å². The van der Waals surface area contributed by atoms with Gasteiger partial charge in [0.2, 0.25) is 0 Å². The summed E-state index contributed by atoms with van der Waals surface area (Å²) in [5, 5.41) is -0.431. The van der Waals surface area contributed by atoms with Crippen molar-refractivity contribution in [1.82, 2.24) is 0 Å². The van der Waals surface area contributed by atoms with E-state index < -0.39 is 11.2 Å². The van der Waals surface area contributed by atoms with Gasteiger partial charge in [-0.1, -0.05) is 17.7 Å². The first-order valence-corrected chi connectivity index (χ1v) is 7.37. The molecule has 0 fully saturated rings. The standard InChI is InChI=1S/C12H8BrCl2FOS/c1-17-9-3-2-6(4-8(9)16)11(14)10-5-7(13)12(15)18-10/h2-5,11H,1H3. The number of hydrogen-bond donors (Lipinski definition) is 0. The topological polar surface area (TPSA) is 9.23 Å². The molecular weight excluding hydrogens is 362 g/mol. The molecule has 1 heterocycles. The van der Waals surface area contributed by atoms with E-state index in [1.807, 2.05) is 6.07 Å². The number of alkyl halides is 1. The lowest BCUT2D eigenvalue weighted by Crippen LogP contribution is -1.94. The predicted octanol–water partition coefficient (Wildman–Crippen LogP) is 5.64. The highest BCUT2D eigenvalue weighted by Crippen LogP contribution is 2.40. The molecule has 1 atom stereocenters. The maximum absolute atomic E-state index is 13.6. The molecule has 0 aliphatic carbocycles. The molecule has 0 aliphatic heterocycles. The maximum Gasteiger partial charge on any atom is 0.165 e. The van der Waals surface area contributed by atoms with Crippen molar-refractivity contribution in [3.8, 4) is 5.75 Å². The Bertz CT molecular complexity index is 554. The van der Waals surface area contributed by atoms with Crippen LogP contribution < -0.4 is 4.74 Å². The summed E-state index contributed by atoms with van der Waals surface area (Å²) in [6.45, 7) is 0. The maximum atomic E-state index is 13.6. The second-order valence-electron chi connectivity index (χ2n) is 3.53. The molecule has 0 aliphatic rings. The molecule has 0 radical (unpaired) electrons. The van der Waals surface area contributed by atoms with Crippen LogP contribution in [0.1, 0.15) is 15.8 Å². The first-order valence-electron chi connectivity index (χ1n) is 4.95. The summed E-state index contributed by atoms with van der Waals surface area (Å²) in [5.74, 6) is -0.227. The van der Waals surface area contributed by atoms with Gasteiger partial charge in [-0.3, -0.25) is 0 Å². The van der Waals surface area contributed by atoms with E-state index in [-0.39, 0.29) is 5.75 Å². The Morgan fingerprint density at radius 2 is 2.11 bits per heavy atom. The van der Waals surface area contributed by atoms with Crippen LogP contribution in [0.4, 0.5) is 4.39 Å². The van der Waals surface area contributed by atoms with E-state index in [1.54, 1.807) is 12.1 Å². The molecule has 96 valence electrons. The van der Waals surface area contributed by atoms with Crippen LogP contribution in [0.25, 0.3) is 0 Å². The lowest BCUT2D eigenvalue weighted by molar-refractivity contribution is 0.386. The first-order chi connectivity index (χ1) is 8.52. The predicted molar refractivity (Wildman–Crippen MR) is 77.7 cm³/mol. The summed E-state index contributed by atoms with van der Waals surface area (Å²) in [7, 11) is 1.42. The van der Waals surface area contributed by atoms with E-state index >= 15 is 0 Å². The zero-order chi connectivity index (χ0) is 13.3. The summed E-state index contributed by atoms with van der Waals surface area (Å²) in [6, 6.07) is 6.51. The summed E-state index contributed by atoms with van der Waals surface area (Å²) in [5.41, 5.74) is 0.667. The van der Waals surface area contributed by atoms with Crippen LogP contribution in [0.3, 0.4) is 0 Å². The minimum Gasteiger partial charge on any atom is -0.494 e. The van der Waals surface area contributed by atoms with Gasteiger partial charge in [-0.15, -0.1) is 22.9 Å². The monoisotopic (exact) mass is 368 g/mol. The van der Waals surface area contributed by atoms with Gasteiger partial charge in [-0.25, -0.2) is 4.39 Å². The van der Waals surface area contributed by atoms with Crippen LogP contribution in [0.15, 0.2) is 28.7 Å². The number of rotatable bonds is 3. The Morgan fingerprint density at radius 3 is 2.61 bits per heavy atom. The third kappa shape index (κ3) is 2.82. The zero-order valence-electron chi connectivity index (χ0n) is 9.22. The summed E-state index contributed by atoms with van der Waals surface area (Å²) < 4.78 is 19.9. The number of halogens is 4. The molecule has 1 unspecified atom stereocenters. The molecule has 1 nitrogen and oxygen atoms in total. The van der Waals surface area contributed by atoms with E-state index in [1.165, 1.54) is 24.5 Å². The molecule has 0 amide bonds. The lowest BCUT2D eigenvalue weighted by atomic mass is 10.1. The molecule has 2 rings (SSSR count). The molecule has 6 heteroatoms. The average Bonchev–Trinajstić information content (AvgIpc) is 2.68. The average molecular weight is 370 g/mol. The smallest absolute Gasteiger partial charge is 0.165 e. The van der Waals surface area contributed by atoms with E-state index in [4.69, 9.17) is 27.9 Å². The molecule has 1 aromatic carbocycles. The fourth-order valence-electron chi connectivity index (χ4n) is 1.49. The number of thiophene rings is 1. The fraction of sp³-hybridized carbons (Fsp3) is 0.167. The van der Waals surface area contributed by atoms with Crippen LogP contribution in [0, 0.1) is 5.82 Å². The van der Waals surface area contributed by atoms with Gasteiger partial charge in [0.25, 0.3) is 0 Å². The molecule has 0 saturated carbocycles. The van der Waals surface area contributed by atoms with E-state index in [0.717, 1.165) is 9.35 Å². The van der Waals surface area contributed by atoms with Crippen molar-refractivity contribution in [2.24, 2.45) is 0 Å². The van der Waals surface area contributed by atoms with Gasteiger partial charge in [-0.05, 0) is 39.7 Å². The Balaban J connectivity index is 2.33. The molecule has 0 spiro atoms. The van der Waals surface area contributed by atoms with Gasteiger partial charge in [-0.2, -0.15) is 0 Å². The van der Waals surface area contributed by atoms with Crippen molar-refractivity contribution < 1.29 is 9.13 Å². The van der Waals surface area contributed by atoms with Gasteiger partial charge < -0.3 is 4.74 Å². The van der Waals surface area contributed by atoms with Gasteiger partial charge >= 0.3 is 0 Å². The Labute approximate surface area is 127 Å². The lowest BCUT2D eigenvalue weighted by Gasteiger charge is -2.09. The number of hydrogen-bond acceptors (Lipinski definition) is 2. The van der Waals surface area contributed by atoms with Crippen LogP contribution in [0.2, 0.25) is 4.34 Å². The van der Waals surface area contributed by atoms with Crippen LogP contribution >= 0.6 is 50.5 Å². The Hall–Kier alpha value is -0.290. The van der Waals surface area contributed by atoms with Gasteiger partial charge in [0.05, 0.1) is 12.5 Å². The molecule has 2 aromatic rings. The van der Waals surface area contributed by atoms with Crippen molar-refractivity contribution in [1.29, 1.82) is 0 Å². The van der Waals surface area contributed by atoms with Gasteiger partial charge in [0.15, 0.2) is 11.6 Å². The molecule has 0 saturated heterocycles. The molecule has 1 aromatic heterocycles. The van der Waals surface area contributed by atoms with E-state index in [2.05, 4.69) is 15.9 Å². The molecule has 0 N–H and O–H groups in total. The highest BCUT2D eigenvalue weighted by atomic mass is 79.9. The van der Waals surface area contributed by atoms with Crippen LogP contribution in [-0.2, 0) is 0 Å². The second-order valence-corrected chi connectivity index (χ2v) is 6.50. The van der Waals surface area contributed by atoms with Crippen molar-refractivity contribution in [2.75, 3.05) is 7.11 Å². The largest absolute Gasteiger partial charge is 0.494 e. The van der Waals surface area contributed by atoms with Gasteiger partial charge in [0.1, 0.15) is 4.34 Å². The zero-order valence-corrected chi connectivity index (χ0v) is 13.1. The number of benzene rings is 1. The van der Waals surface area contributed by atoms with Crippen molar-refractivity contribution in [2.45, 2.75) is 5.38 Å². The van der Waals surface area contributed by atoms with Crippen molar-refractivity contribution >= 4 is 50.5 Å². The third-order valence-electron chi connectivity index (χ3n) is 2.38. The summed E-state index contributed by atoms with van der Waals surface area (Å²) in [6.07, 6.45) is 0.